The summed E-state index contributed by atoms with van der Waals surface area (Å²) in [5.74, 6) is 1.18. The molecule has 0 aromatic carbocycles. The number of amides is 1. The Morgan fingerprint density at radius 2 is 2.20 bits per heavy atom. The van der Waals surface area contributed by atoms with Crippen molar-refractivity contribution in [3.05, 3.63) is 67.9 Å². The van der Waals surface area contributed by atoms with E-state index in [2.05, 4.69) is 20.3 Å². The van der Waals surface area contributed by atoms with Gasteiger partial charge in [-0.3, -0.25) is 14.6 Å². The molecule has 1 aliphatic rings. The molecule has 0 radical (unpaired) electrons. The normalized spacial score (nSPS) is 14.2. The molecule has 156 valence electrons. The maximum absolute atomic E-state index is 13.1. The lowest BCUT2D eigenvalue weighted by molar-refractivity contribution is 0.0934. The number of H-pyrrole nitrogens is 1. The van der Waals surface area contributed by atoms with E-state index in [4.69, 9.17) is 0 Å². The van der Waals surface area contributed by atoms with Crippen molar-refractivity contribution < 1.29 is 4.79 Å². The van der Waals surface area contributed by atoms with Crippen LogP contribution >= 0.6 is 23.1 Å². The maximum Gasteiger partial charge on any atom is 0.252 e. The third kappa shape index (κ3) is 4.65. The van der Waals surface area contributed by atoms with Crippen molar-refractivity contribution in [1.29, 1.82) is 0 Å². The van der Waals surface area contributed by atoms with E-state index in [1.165, 1.54) is 22.9 Å². The maximum atomic E-state index is 13.1. The molecule has 0 saturated heterocycles. The van der Waals surface area contributed by atoms with Crippen LogP contribution in [0.4, 0.5) is 0 Å². The van der Waals surface area contributed by atoms with Gasteiger partial charge in [-0.05, 0) is 61.8 Å². The molecule has 4 rings (SSSR count). The van der Waals surface area contributed by atoms with Gasteiger partial charge in [-0.2, -0.15) is 11.8 Å². The topological polar surface area (TPSA) is 87.7 Å². The van der Waals surface area contributed by atoms with Crippen molar-refractivity contribution in [3.8, 4) is 11.5 Å². The molecule has 3 heterocycles. The number of nitrogens with one attached hydrogen (secondary N) is 2. The molecule has 6 nitrogen and oxygen atoms in total. The highest BCUT2D eigenvalue weighted by atomic mass is 32.2. The van der Waals surface area contributed by atoms with E-state index in [9.17, 15) is 9.59 Å². The SMILES string of the molecule is CSCC[C@@H](NC(=O)c1csc2c1CCCC2)c1cc(=O)[nH]c(-c2ccccn2)n1. The first kappa shape index (κ1) is 20.8. The molecule has 0 bridgehead atoms. The third-order valence-electron chi connectivity index (χ3n) is 5.25. The minimum absolute atomic E-state index is 0.0815. The summed E-state index contributed by atoms with van der Waals surface area (Å²) in [5.41, 5.74) is 2.88. The fraction of sp³-hybridized carbons (Fsp3) is 0.364. The van der Waals surface area contributed by atoms with E-state index in [0.29, 0.717) is 23.6 Å². The van der Waals surface area contributed by atoms with Crippen molar-refractivity contribution in [2.45, 2.75) is 38.1 Å². The molecule has 1 atom stereocenters. The van der Waals surface area contributed by atoms with Crippen molar-refractivity contribution >= 4 is 29.0 Å². The summed E-state index contributed by atoms with van der Waals surface area (Å²) in [7, 11) is 0. The van der Waals surface area contributed by atoms with E-state index in [-0.39, 0.29) is 17.5 Å². The number of thioether (sulfide) groups is 1. The molecular formula is C22H24N4O2S2. The van der Waals surface area contributed by atoms with Crippen molar-refractivity contribution in [1.82, 2.24) is 20.3 Å². The second kappa shape index (κ2) is 9.57. The van der Waals surface area contributed by atoms with Crippen molar-refractivity contribution in [2.24, 2.45) is 0 Å². The monoisotopic (exact) mass is 440 g/mol. The molecule has 8 heteroatoms. The molecule has 1 amide bonds. The second-order valence-electron chi connectivity index (χ2n) is 7.30. The number of hydrogen-bond acceptors (Lipinski definition) is 6. The largest absolute Gasteiger partial charge is 0.344 e. The van der Waals surface area contributed by atoms with Gasteiger partial charge in [0.05, 0.1) is 17.3 Å². The Bertz CT molecular complexity index is 1080. The number of pyridine rings is 1. The lowest BCUT2D eigenvalue weighted by Crippen LogP contribution is -2.31. The average molecular weight is 441 g/mol. The van der Waals surface area contributed by atoms with Gasteiger partial charge >= 0.3 is 0 Å². The molecule has 3 aromatic heterocycles. The Morgan fingerprint density at radius 3 is 3.00 bits per heavy atom. The van der Waals surface area contributed by atoms with E-state index in [0.717, 1.165) is 30.6 Å². The number of aromatic nitrogens is 3. The summed E-state index contributed by atoms with van der Waals surface area (Å²) in [4.78, 5) is 38.5. The molecule has 0 spiro atoms. The summed E-state index contributed by atoms with van der Waals surface area (Å²) in [5, 5.41) is 5.12. The first-order valence-electron chi connectivity index (χ1n) is 10.1. The third-order valence-corrected chi connectivity index (χ3v) is 6.98. The fourth-order valence-corrected chi connectivity index (χ4v) is 5.33. The molecule has 1 aliphatic carbocycles. The molecule has 0 fully saturated rings. The van der Waals surface area contributed by atoms with Gasteiger partial charge in [0.1, 0.15) is 5.69 Å². The Kier molecular flexibility index (Phi) is 6.64. The number of thiophene rings is 1. The highest BCUT2D eigenvalue weighted by Gasteiger charge is 2.24. The number of rotatable bonds is 7. The van der Waals surface area contributed by atoms with Crippen LogP contribution in [0.3, 0.4) is 0 Å². The second-order valence-corrected chi connectivity index (χ2v) is 9.25. The van der Waals surface area contributed by atoms with E-state index in [1.54, 1.807) is 35.4 Å². The standard InChI is InChI=1S/C22H24N4O2S2/c1-29-11-9-16(25-22(28)15-13-30-19-8-3-2-6-14(15)19)18-12-20(27)26-21(24-18)17-7-4-5-10-23-17/h4-5,7,10,12-13,16H,2-3,6,8-9,11H2,1H3,(H,25,28)(H,24,26,27)/t16-/m1/s1. The summed E-state index contributed by atoms with van der Waals surface area (Å²) in [6.07, 6.45) is 8.72. The summed E-state index contributed by atoms with van der Waals surface area (Å²) >= 11 is 3.38. The smallest absolute Gasteiger partial charge is 0.252 e. The summed E-state index contributed by atoms with van der Waals surface area (Å²) in [6.45, 7) is 0. The van der Waals surface area contributed by atoms with E-state index >= 15 is 0 Å². The Labute approximate surface area is 183 Å². The molecule has 0 saturated carbocycles. The summed E-state index contributed by atoms with van der Waals surface area (Å²) in [6, 6.07) is 6.60. The van der Waals surface area contributed by atoms with E-state index < -0.39 is 0 Å². The fourth-order valence-electron chi connectivity index (χ4n) is 3.73. The number of hydrogen-bond donors (Lipinski definition) is 2. The van der Waals surface area contributed by atoms with Gasteiger partial charge in [0.2, 0.25) is 0 Å². The highest BCUT2D eigenvalue weighted by Crippen LogP contribution is 2.30. The zero-order valence-electron chi connectivity index (χ0n) is 16.8. The van der Waals surface area contributed by atoms with Crippen LogP contribution in [0.5, 0.6) is 0 Å². The van der Waals surface area contributed by atoms with Gasteiger partial charge < -0.3 is 10.3 Å². The van der Waals surface area contributed by atoms with Crippen LogP contribution < -0.4 is 10.9 Å². The molecule has 2 N–H and O–H groups in total. The molecule has 3 aromatic rings. The quantitative estimate of drug-likeness (QED) is 0.580. The molecule has 0 unspecified atom stereocenters. The minimum Gasteiger partial charge on any atom is -0.344 e. The van der Waals surface area contributed by atoms with Gasteiger partial charge in [0, 0.05) is 22.5 Å². The average Bonchev–Trinajstić information content (AvgIpc) is 3.21. The van der Waals surface area contributed by atoms with Gasteiger partial charge in [0.25, 0.3) is 11.5 Å². The predicted octanol–water partition coefficient (Wildman–Crippen LogP) is 4.00. The lowest BCUT2D eigenvalue weighted by atomic mass is 9.95. The minimum atomic E-state index is -0.339. The van der Waals surface area contributed by atoms with E-state index in [1.807, 2.05) is 23.8 Å². The number of fused-ring (bicyclic) bond motifs is 1. The molecular weight excluding hydrogens is 416 g/mol. The van der Waals surface area contributed by atoms with Crippen LogP contribution in [0, 0.1) is 0 Å². The summed E-state index contributed by atoms with van der Waals surface area (Å²) < 4.78 is 0. The number of carbonyl (C=O) groups is 1. The Morgan fingerprint density at radius 1 is 1.33 bits per heavy atom. The Hall–Kier alpha value is -2.45. The molecule has 30 heavy (non-hydrogen) atoms. The number of aryl methyl sites for hydroxylation is 1. The van der Waals surface area contributed by atoms with Crippen LogP contribution in [0.25, 0.3) is 11.5 Å². The van der Waals surface area contributed by atoms with Gasteiger partial charge in [-0.1, -0.05) is 6.07 Å². The highest BCUT2D eigenvalue weighted by molar-refractivity contribution is 7.98. The van der Waals surface area contributed by atoms with Crippen molar-refractivity contribution in [3.63, 3.8) is 0 Å². The number of carbonyl (C=O) groups excluding carboxylic acids is 1. The predicted molar refractivity (Wildman–Crippen MR) is 122 cm³/mol. The van der Waals surface area contributed by atoms with Crippen LogP contribution in [0.15, 0.2) is 40.6 Å². The van der Waals surface area contributed by atoms with Crippen LogP contribution in [0.2, 0.25) is 0 Å². The zero-order valence-corrected chi connectivity index (χ0v) is 18.4. The van der Waals surface area contributed by atoms with Crippen LogP contribution in [-0.2, 0) is 12.8 Å². The lowest BCUT2D eigenvalue weighted by Gasteiger charge is -2.19. The first-order valence-corrected chi connectivity index (χ1v) is 12.3. The molecule has 0 aliphatic heterocycles. The Balaban J connectivity index is 1.63. The van der Waals surface area contributed by atoms with Gasteiger partial charge in [0.15, 0.2) is 5.82 Å². The number of aromatic amines is 1. The van der Waals surface area contributed by atoms with Crippen LogP contribution in [0.1, 0.15) is 51.8 Å². The van der Waals surface area contributed by atoms with Gasteiger partial charge in [-0.15, -0.1) is 11.3 Å². The van der Waals surface area contributed by atoms with Crippen molar-refractivity contribution in [2.75, 3.05) is 12.0 Å². The van der Waals surface area contributed by atoms with Crippen LogP contribution in [-0.4, -0.2) is 32.9 Å². The zero-order chi connectivity index (χ0) is 20.9. The number of nitrogens with zero attached hydrogens (tertiary/aromatic N) is 2. The first-order chi connectivity index (χ1) is 14.7. The van der Waals surface area contributed by atoms with Gasteiger partial charge in [-0.25, -0.2) is 4.98 Å².